The molecule has 1 heterocycles. The van der Waals surface area contributed by atoms with Gasteiger partial charge < -0.3 is 9.26 Å². The molecule has 1 amide bonds. The number of hydrogen-bond donors (Lipinski definition) is 1. The first-order chi connectivity index (χ1) is 14.9. The van der Waals surface area contributed by atoms with Crippen LogP contribution in [0.4, 0.5) is 5.88 Å². The van der Waals surface area contributed by atoms with Gasteiger partial charge in [-0.25, -0.2) is 4.79 Å². The molecule has 0 atom stereocenters. The van der Waals surface area contributed by atoms with E-state index in [-0.39, 0.29) is 42.4 Å². The Morgan fingerprint density at radius 3 is 2.19 bits per heavy atom. The number of amides is 1. The van der Waals surface area contributed by atoms with E-state index in [1.807, 2.05) is 0 Å². The van der Waals surface area contributed by atoms with E-state index >= 15 is 0 Å². The lowest BCUT2D eigenvalue weighted by atomic mass is 10.1. The van der Waals surface area contributed by atoms with Crippen molar-refractivity contribution in [2.24, 2.45) is 0 Å². The van der Waals surface area contributed by atoms with Crippen molar-refractivity contribution in [1.29, 1.82) is 0 Å². The summed E-state index contributed by atoms with van der Waals surface area (Å²) in [5.74, 6) is -1.56. The van der Waals surface area contributed by atoms with Crippen molar-refractivity contribution >= 4 is 46.7 Å². The van der Waals surface area contributed by atoms with Crippen LogP contribution in [-0.2, 0) is 9.53 Å². The second-order valence-corrected chi connectivity index (χ2v) is 7.31. The molecule has 0 aliphatic rings. The number of halogens is 2. The average Bonchev–Trinajstić information content (AvgIpc) is 3.16. The SMILES string of the molecule is CCOC(=O)c1c(-c2ccc(Cl)cc2)noc1NC(=O)CCC(=O)c1ccc(Cl)cc1. The predicted molar refractivity (Wildman–Crippen MR) is 117 cm³/mol. The van der Waals surface area contributed by atoms with E-state index < -0.39 is 11.9 Å². The number of ether oxygens (including phenoxy) is 1. The number of nitrogens with one attached hydrogen (secondary N) is 1. The van der Waals surface area contributed by atoms with Crippen LogP contribution >= 0.6 is 23.2 Å². The summed E-state index contributed by atoms with van der Waals surface area (Å²) in [4.78, 5) is 37.1. The van der Waals surface area contributed by atoms with Gasteiger partial charge in [0, 0.05) is 34.0 Å². The number of nitrogens with zero attached hydrogens (tertiary/aromatic N) is 1. The molecule has 7 nitrogen and oxygen atoms in total. The molecular weight excluding hydrogens is 443 g/mol. The monoisotopic (exact) mass is 460 g/mol. The van der Waals surface area contributed by atoms with E-state index in [9.17, 15) is 14.4 Å². The first kappa shape index (κ1) is 22.5. The molecule has 2 aromatic carbocycles. The Morgan fingerprint density at radius 1 is 0.968 bits per heavy atom. The summed E-state index contributed by atoms with van der Waals surface area (Å²) in [7, 11) is 0. The van der Waals surface area contributed by atoms with Crippen LogP contribution in [0.1, 0.15) is 40.5 Å². The maximum Gasteiger partial charge on any atom is 0.346 e. The summed E-state index contributed by atoms with van der Waals surface area (Å²) in [6.07, 6.45) is -0.138. The lowest BCUT2D eigenvalue weighted by Crippen LogP contribution is -2.16. The normalized spacial score (nSPS) is 10.5. The molecule has 0 saturated carbocycles. The quantitative estimate of drug-likeness (QED) is 0.355. The number of esters is 1. The largest absolute Gasteiger partial charge is 0.462 e. The molecule has 31 heavy (non-hydrogen) atoms. The van der Waals surface area contributed by atoms with Crippen LogP contribution in [0.15, 0.2) is 53.1 Å². The molecule has 9 heteroatoms. The van der Waals surface area contributed by atoms with Crippen LogP contribution in [0.3, 0.4) is 0 Å². The Kier molecular flexibility index (Phi) is 7.44. The Bertz CT molecular complexity index is 1090. The van der Waals surface area contributed by atoms with E-state index in [0.717, 1.165) is 0 Å². The molecule has 0 spiro atoms. The van der Waals surface area contributed by atoms with Gasteiger partial charge in [-0.3, -0.25) is 14.9 Å². The summed E-state index contributed by atoms with van der Waals surface area (Å²) >= 11 is 11.7. The van der Waals surface area contributed by atoms with Gasteiger partial charge in [0.2, 0.25) is 11.8 Å². The lowest BCUT2D eigenvalue weighted by Gasteiger charge is -2.06. The highest BCUT2D eigenvalue weighted by Crippen LogP contribution is 2.30. The lowest BCUT2D eigenvalue weighted by molar-refractivity contribution is -0.116. The molecule has 3 rings (SSSR count). The molecule has 0 bridgehead atoms. The standard InChI is InChI=1S/C22H18Cl2N2O5/c1-2-30-22(29)19-20(14-5-9-16(24)10-6-14)26-31-21(19)25-18(28)12-11-17(27)13-3-7-15(23)8-4-13/h3-10H,2,11-12H2,1H3,(H,25,28). The van der Waals surface area contributed by atoms with Crippen LogP contribution in [0.25, 0.3) is 11.3 Å². The highest BCUT2D eigenvalue weighted by Gasteiger charge is 2.26. The number of carbonyl (C=O) groups excluding carboxylic acids is 3. The zero-order valence-electron chi connectivity index (χ0n) is 16.5. The van der Waals surface area contributed by atoms with Gasteiger partial charge in [0.25, 0.3) is 0 Å². The van der Waals surface area contributed by atoms with Crippen LogP contribution < -0.4 is 5.32 Å². The number of aromatic nitrogens is 1. The van der Waals surface area contributed by atoms with Gasteiger partial charge in [-0.15, -0.1) is 0 Å². The fourth-order valence-corrected chi connectivity index (χ4v) is 3.02. The smallest absolute Gasteiger partial charge is 0.346 e. The summed E-state index contributed by atoms with van der Waals surface area (Å²) in [6, 6.07) is 13.0. The molecule has 1 aromatic heterocycles. The minimum absolute atomic E-state index is 0.0125. The van der Waals surface area contributed by atoms with Gasteiger partial charge >= 0.3 is 5.97 Å². The minimum atomic E-state index is -0.693. The van der Waals surface area contributed by atoms with Gasteiger partial charge in [-0.2, -0.15) is 0 Å². The highest BCUT2D eigenvalue weighted by molar-refractivity contribution is 6.31. The van der Waals surface area contributed by atoms with Crippen molar-refractivity contribution in [3.05, 3.63) is 69.7 Å². The van der Waals surface area contributed by atoms with Crippen molar-refractivity contribution in [3.8, 4) is 11.3 Å². The van der Waals surface area contributed by atoms with E-state index in [4.69, 9.17) is 32.5 Å². The molecule has 3 aromatic rings. The summed E-state index contributed by atoms with van der Waals surface area (Å²) < 4.78 is 10.3. The Balaban J connectivity index is 1.74. The number of benzene rings is 2. The number of hydrogen-bond acceptors (Lipinski definition) is 6. The minimum Gasteiger partial charge on any atom is -0.462 e. The van der Waals surface area contributed by atoms with Gasteiger partial charge in [0.1, 0.15) is 5.69 Å². The summed E-state index contributed by atoms with van der Waals surface area (Å²) in [5.41, 5.74) is 1.22. The van der Waals surface area contributed by atoms with E-state index in [0.29, 0.717) is 21.2 Å². The predicted octanol–water partition coefficient (Wildman–Crippen LogP) is 5.43. The first-order valence-corrected chi connectivity index (χ1v) is 10.2. The van der Waals surface area contributed by atoms with E-state index in [1.54, 1.807) is 55.5 Å². The van der Waals surface area contributed by atoms with Crippen LogP contribution in [-0.4, -0.2) is 29.4 Å². The fraction of sp³-hybridized carbons (Fsp3) is 0.182. The Hall–Kier alpha value is -3.16. The van der Waals surface area contributed by atoms with Crippen molar-refractivity contribution in [3.63, 3.8) is 0 Å². The zero-order chi connectivity index (χ0) is 22.4. The Morgan fingerprint density at radius 2 is 1.58 bits per heavy atom. The molecule has 0 fully saturated rings. The van der Waals surface area contributed by atoms with Gasteiger partial charge in [0.05, 0.1) is 6.61 Å². The van der Waals surface area contributed by atoms with Gasteiger partial charge in [-0.05, 0) is 43.3 Å². The fourth-order valence-electron chi connectivity index (χ4n) is 2.77. The molecule has 0 aliphatic heterocycles. The average molecular weight is 461 g/mol. The summed E-state index contributed by atoms with van der Waals surface area (Å²) in [6.45, 7) is 1.79. The molecule has 160 valence electrons. The van der Waals surface area contributed by atoms with Gasteiger partial charge in [0.15, 0.2) is 11.3 Å². The second kappa shape index (κ2) is 10.2. The van der Waals surface area contributed by atoms with E-state index in [2.05, 4.69) is 10.5 Å². The number of rotatable bonds is 8. The Labute approximate surface area is 188 Å². The van der Waals surface area contributed by atoms with Crippen molar-refractivity contribution in [1.82, 2.24) is 5.16 Å². The maximum atomic E-state index is 12.5. The van der Waals surface area contributed by atoms with Crippen LogP contribution in [0.2, 0.25) is 10.0 Å². The first-order valence-electron chi connectivity index (χ1n) is 9.40. The molecule has 0 radical (unpaired) electrons. The molecule has 0 aliphatic carbocycles. The van der Waals surface area contributed by atoms with Crippen LogP contribution in [0.5, 0.6) is 0 Å². The van der Waals surface area contributed by atoms with Crippen molar-refractivity contribution in [2.75, 3.05) is 11.9 Å². The topological polar surface area (TPSA) is 98.5 Å². The third-order valence-corrected chi connectivity index (χ3v) is 4.79. The molecular formula is C22H18Cl2N2O5. The maximum absolute atomic E-state index is 12.5. The number of anilines is 1. The third-order valence-electron chi connectivity index (χ3n) is 4.29. The number of carbonyl (C=O) groups is 3. The van der Waals surface area contributed by atoms with Crippen molar-refractivity contribution in [2.45, 2.75) is 19.8 Å². The van der Waals surface area contributed by atoms with Crippen molar-refractivity contribution < 1.29 is 23.6 Å². The third kappa shape index (κ3) is 5.71. The highest BCUT2D eigenvalue weighted by atomic mass is 35.5. The van der Waals surface area contributed by atoms with E-state index in [1.165, 1.54) is 0 Å². The zero-order valence-corrected chi connectivity index (χ0v) is 18.0. The number of ketones is 1. The van der Waals surface area contributed by atoms with Gasteiger partial charge in [-0.1, -0.05) is 40.5 Å². The molecule has 0 unspecified atom stereocenters. The molecule has 1 N–H and O–H groups in total. The van der Waals surface area contributed by atoms with Crippen LogP contribution in [0, 0.1) is 0 Å². The second-order valence-electron chi connectivity index (χ2n) is 6.44. The number of Topliss-reactive ketones (excluding diaryl/α,β-unsaturated/α-hetero) is 1. The molecule has 0 saturated heterocycles. The summed E-state index contributed by atoms with van der Waals surface area (Å²) in [5, 5.41) is 7.44.